The second-order valence-corrected chi connectivity index (χ2v) is 10.3. The molecule has 3 N–H and O–H groups in total. The van der Waals surface area contributed by atoms with E-state index in [1.807, 2.05) is 18.2 Å². The van der Waals surface area contributed by atoms with Crippen molar-refractivity contribution in [2.75, 3.05) is 62.6 Å². The Kier molecular flexibility index (Phi) is 9.64. The number of hydrogen-bond acceptors (Lipinski definition) is 6. The number of nitrogens with one attached hydrogen (secondary N) is 2. The second kappa shape index (κ2) is 13.1. The summed E-state index contributed by atoms with van der Waals surface area (Å²) in [7, 11) is 0. The lowest BCUT2D eigenvalue weighted by Gasteiger charge is -2.36. The highest BCUT2D eigenvalue weighted by Gasteiger charge is 2.38. The largest absolute Gasteiger partial charge is 0.490 e. The molecule has 2 aromatic carbocycles. The summed E-state index contributed by atoms with van der Waals surface area (Å²) in [6, 6.07) is 18.8. The third-order valence-electron chi connectivity index (χ3n) is 7.36. The van der Waals surface area contributed by atoms with Gasteiger partial charge in [0.05, 0.1) is 0 Å². The van der Waals surface area contributed by atoms with E-state index in [1.165, 1.54) is 5.56 Å². The third kappa shape index (κ3) is 8.18. The van der Waals surface area contributed by atoms with Gasteiger partial charge in [0.1, 0.15) is 0 Å². The molecule has 2 unspecified atom stereocenters. The Bertz CT molecular complexity index is 1160. The van der Waals surface area contributed by atoms with Crippen molar-refractivity contribution in [2.45, 2.75) is 25.1 Å². The number of hydrogen-bond donors (Lipinski definition) is 3. The molecule has 5 rings (SSSR count). The number of likely N-dealkylation sites (tertiary alicyclic amines) is 1. The van der Waals surface area contributed by atoms with Crippen molar-refractivity contribution in [1.82, 2.24) is 15.1 Å². The Morgan fingerprint density at radius 1 is 0.975 bits per heavy atom. The lowest BCUT2D eigenvalue weighted by molar-refractivity contribution is -0.192. The third-order valence-corrected chi connectivity index (χ3v) is 7.36. The number of rotatable bonds is 5. The van der Waals surface area contributed by atoms with Crippen LogP contribution in [0.4, 0.5) is 24.5 Å². The number of halogens is 3. The number of piperidine rings is 1. The molecule has 0 saturated carbocycles. The summed E-state index contributed by atoms with van der Waals surface area (Å²) in [6.07, 6.45) is -2.90. The maximum atomic E-state index is 12.7. The minimum absolute atomic E-state index is 0.329. The molecule has 12 heteroatoms. The summed E-state index contributed by atoms with van der Waals surface area (Å²) in [6.45, 7) is 7.26. The first-order valence-electron chi connectivity index (χ1n) is 13.3. The predicted molar refractivity (Wildman–Crippen MR) is 144 cm³/mol. The minimum atomic E-state index is -5.08. The van der Waals surface area contributed by atoms with Gasteiger partial charge in [-0.25, -0.2) is 4.79 Å². The molecule has 3 aliphatic heterocycles. The Hall–Kier alpha value is -3.64. The molecule has 2 bridgehead atoms. The fraction of sp³-hybridized carbons (Fsp3) is 0.464. The smallest absolute Gasteiger partial charge is 0.475 e. The summed E-state index contributed by atoms with van der Waals surface area (Å²) < 4.78 is 31.7. The van der Waals surface area contributed by atoms with E-state index >= 15 is 0 Å². The van der Waals surface area contributed by atoms with Crippen LogP contribution in [0.25, 0.3) is 0 Å². The molecule has 3 heterocycles. The first-order chi connectivity index (χ1) is 19.1. The molecule has 0 spiro atoms. The number of anilines is 2. The number of carboxylic acids is 1. The molecule has 2 aromatic rings. The van der Waals surface area contributed by atoms with Crippen LogP contribution in [-0.2, 0) is 20.8 Å². The lowest BCUT2D eigenvalue weighted by Crippen LogP contribution is -2.48. The topological polar surface area (TPSA) is 105 Å². The zero-order valence-electron chi connectivity index (χ0n) is 22.1. The number of carboxylic acid groups (broad SMARTS) is 1. The number of fused-ring (bicyclic) bond motifs is 2. The summed E-state index contributed by atoms with van der Waals surface area (Å²) >= 11 is 0. The number of amides is 2. The molecule has 3 fully saturated rings. The number of benzene rings is 2. The Morgan fingerprint density at radius 3 is 2.33 bits per heavy atom. The summed E-state index contributed by atoms with van der Waals surface area (Å²) in [4.78, 5) is 40.8. The fourth-order valence-electron chi connectivity index (χ4n) is 5.27. The van der Waals surface area contributed by atoms with E-state index < -0.39 is 24.0 Å². The predicted octanol–water partition coefficient (Wildman–Crippen LogP) is 2.44. The van der Waals surface area contributed by atoms with Crippen molar-refractivity contribution < 1.29 is 32.7 Å². The molecule has 216 valence electrons. The van der Waals surface area contributed by atoms with Gasteiger partial charge in [-0.15, -0.1) is 0 Å². The number of nitrogens with zero attached hydrogens (tertiary/aromatic N) is 3. The van der Waals surface area contributed by atoms with Crippen LogP contribution in [0.5, 0.6) is 0 Å². The van der Waals surface area contributed by atoms with Gasteiger partial charge in [-0.2, -0.15) is 13.2 Å². The van der Waals surface area contributed by atoms with Gasteiger partial charge in [0.2, 0.25) is 0 Å². The molecular weight excluding hydrogens is 527 g/mol. The Morgan fingerprint density at radius 2 is 1.68 bits per heavy atom. The highest BCUT2D eigenvalue weighted by molar-refractivity contribution is 6.39. The van der Waals surface area contributed by atoms with Gasteiger partial charge in [-0.1, -0.05) is 36.4 Å². The van der Waals surface area contributed by atoms with Crippen LogP contribution in [0.3, 0.4) is 0 Å². The van der Waals surface area contributed by atoms with Crippen molar-refractivity contribution in [3.8, 4) is 0 Å². The van der Waals surface area contributed by atoms with E-state index in [0.717, 1.165) is 57.8 Å². The molecule has 9 nitrogen and oxygen atoms in total. The molecule has 3 saturated heterocycles. The first kappa shape index (κ1) is 29.3. The van der Waals surface area contributed by atoms with E-state index in [-0.39, 0.29) is 0 Å². The van der Waals surface area contributed by atoms with Crippen molar-refractivity contribution in [3.05, 3.63) is 60.2 Å². The fourth-order valence-corrected chi connectivity index (χ4v) is 5.27. The van der Waals surface area contributed by atoms with Crippen molar-refractivity contribution in [2.24, 2.45) is 5.92 Å². The number of alkyl halides is 3. The molecule has 0 radical (unpaired) electrons. The number of piperazine rings is 1. The SMILES string of the molecule is O=C(Nc1cccc(N2CCN(CCc3ccccc3)CC2)c1)C(=O)N1CC2CNC(C2)C1.O=C(O)C(F)(F)F. The van der Waals surface area contributed by atoms with E-state index in [4.69, 9.17) is 9.90 Å². The molecule has 0 aliphatic carbocycles. The van der Waals surface area contributed by atoms with E-state index in [2.05, 4.69) is 56.8 Å². The maximum absolute atomic E-state index is 12.7. The van der Waals surface area contributed by atoms with E-state index in [1.54, 1.807) is 4.90 Å². The van der Waals surface area contributed by atoms with Gasteiger partial charge < -0.3 is 25.5 Å². The summed E-state index contributed by atoms with van der Waals surface area (Å²) in [5.41, 5.74) is 3.14. The van der Waals surface area contributed by atoms with Crippen LogP contribution >= 0.6 is 0 Å². The van der Waals surface area contributed by atoms with Gasteiger partial charge in [-0.05, 0) is 42.5 Å². The number of carbonyl (C=O) groups is 3. The molecule has 3 aliphatic rings. The van der Waals surface area contributed by atoms with Crippen LogP contribution in [0.2, 0.25) is 0 Å². The van der Waals surface area contributed by atoms with Crippen LogP contribution in [0.1, 0.15) is 12.0 Å². The van der Waals surface area contributed by atoms with Crippen molar-refractivity contribution in [1.29, 1.82) is 0 Å². The maximum Gasteiger partial charge on any atom is 0.490 e. The van der Waals surface area contributed by atoms with Crippen LogP contribution in [-0.4, -0.2) is 97.3 Å². The van der Waals surface area contributed by atoms with Gasteiger partial charge >= 0.3 is 24.0 Å². The molecule has 0 aromatic heterocycles. The molecule has 40 heavy (non-hydrogen) atoms. The molecular formula is C28H34F3N5O4. The van der Waals surface area contributed by atoms with Crippen LogP contribution < -0.4 is 15.5 Å². The lowest BCUT2D eigenvalue weighted by atomic mass is 10.00. The highest BCUT2D eigenvalue weighted by atomic mass is 19.4. The molecule has 2 amide bonds. The zero-order valence-corrected chi connectivity index (χ0v) is 22.1. The number of carbonyl (C=O) groups excluding carboxylic acids is 2. The van der Waals surface area contributed by atoms with Gasteiger partial charge in [0, 0.05) is 69.8 Å². The second-order valence-electron chi connectivity index (χ2n) is 10.3. The van der Waals surface area contributed by atoms with Gasteiger partial charge in [-0.3, -0.25) is 14.5 Å². The summed E-state index contributed by atoms with van der Waals surface area (Å²) in [5.74, 6) is -3.26. The number of aliphatic carboxylic acids is 1. The highest BCUT2D eigenvalue weighted by Crippen LogP contribution is 2.24. The monoisotopic (exact) mass is 561 g/mol. The Labute approximate surface area is 230 Å². The van der Waals surface area contributed by atoms with Gasteiger partial charge in [0.15, 0.2) is 0 Å². The molecule has 2 atom stereocenters. The summed E-state index contributed by atoms with van der Waals surface area (Å²) in [5, 5.41) is 13.4. The van der Waals surface area contributed by atoms with E-state index in [9.17, 15) is 22.8 Å². The Balaban J connectivity index is 0.000000470. The van der Waals surface area contributed by atoms with Crippen LogP contribution in [0, 0.1) is 5.92 Å². The zero-order chi connectivity index (χ0) is 28.7. The average Bonchev–Trinajstić information content (AvgIpc) is 3.29. The standard InChI is InChI=1S/C26H33N5O2.C2HF3O2/c32-25(26(33)31-18-21-15-23(19-31)27-17-21)28-22-7-4-8-24(16-22)30-13-11-29(12-14-30)10-9-20-5-2-1-3-6-20;3-2(4,5)1(6)7/h1-8,16,21,23,27H,9-15,17-19H2,(H,28,32);(H,6,7). The first-order valence-corrected chi connectivity index (χ1v) is 13.3. The average molecular weight is 562 g/mol. The minimum Gasteiger partial charge on any atom is -0.475 e. The normalized spacial score (nSPS) is 20.9. The quantitative estimate of drug-likeness (QED) is 0.482. The van der Waals surface area contributed by atoms with Crippen molar-refractivity contribution in [3.63, 3.8) is 0 Å². The van der Waals surface area contributed by atoms with Crippen molar-refractivity contribution >= 4 is 29.2 Å². The van der Waals surface area contributed by atoms with Gasteiger partial charge in [0.25, 0.3) is 0 Å². The van der Waals surface area contributed by atoms with Crippen LogP contribution in [0.15, 0.2) is 54.6 Å². The van der Waals surface area contributed by atoms with E-state index in [0.29, 0.717) is 30.7 Å².